The molecule has 1 aromatic heterocycles. The van der Waals surface area contributed by atoms with Gasteiger partial charge in [-0.3, -0.25) is 4.79 Å². The minimum Gasteiger partial charge on any atom is -0.384 e. The third-order valence-electron chi connectivity index (χ3n) is 4.05. The van der Waals surface area contributed by atoms with Crippen LogP contribution in [0.15, 0.2) is 4.34 Å². The summed E-state index contributed by atoms with van der Waals surface area (Å²) in [4.78, 5) is 12.1. The smallest absolute Gasteiger partial charge is 0.230 e. The molecule has 2 fully saturated rings. The van der Waals surface area contributed by atoms with E-state index in [0.29, 0.717) is 18.3 Å². The second kappa shape index (κ2) is 6.60. The van der Waals surface area contributed by atoms with Gasteiger partial charge in [-0.25, -0.2) is 0 Å². The molecular formula is C13H19N3O3S2. The van der Waals surface area contributed by atoms with Gasteiger partial charge in [0.2, 0.25) is 5.91 Å². The van der Waals surface area contributed by atoms with Crippen LogP contribution in [0.1, 0.15) is 11.4 Å². The maximum Gasteiger partial charge on any atom is 0.230 e. The average Bonchev–Trinajstić information content (AvgIpc) is 3.07. The van der Waals surface area contributed by atoms with Gasteiger partial charge in [-0.1, -0.05) is 23.1 Å². The number of nitrogens with one attached hydrogen (secondary N) is 1. The molecule has 1 aromatic rings. The lowest BCUT2D eigenvalue weighted by atomic mass is 9.67. The number of aromatic nitrogens is 2. The molecule has 8 heteroatoms. The Morgan fingerprint density at radius 1 is 1.57 bits per heavy atom. The van der Waals surface area contributed by atoms with Crippen LogP contribution in [0.25, 0.3) is 0 Å². The van der Waals surface area contributed by atoms with Gasteiger partial charge in [0.15, 0.2) is 4.34 Å². The summed E-state index contributed by atoms with van der Waals surface area (Å²) in [6.45, 7) is 3.33. The molecule has 1 saturated carbocycles. The molecule has 0 unspecified atom stereocenters. The zero-order chi connectivity index (χ0) is 14.8. The highest BCUT2D eigenvalue weighted by molar-refractivity contribution is 8.01. The molecule has 21 heavy (non-hydrogen) atoms. The number of nitrogens with zero attached hydrogens (tertiary/aromatic N) is 2. The molecule has 1 amide bonds. The highest BCUT2D eigenvalue weighted by Gasteiger charge is 2.54. The summed E-state index contributed by atoms with van der Waals surface area (Å²) in [5.74, 6) is 1.15. The van der Waals surface area contributed by atoms with Gasteiger partial charge in [-0.2, -0.15) is 0 Å². The first kappa shape index (κ1) is 15.2. The highest BCUT2D eigenvalue weighted by atomic mass is 32.2. The van der Waals surface area contributed by atoms with Gasteiger partial charge in [0.05, 0.1) is 18.5 Å². The van der Waals surface area contributed by atoms with Crippen molar-refractivity contribution in [2.75, 3.05) is 26.1 Å². The van der Waals surface area contributed by atoms with Crippen LogP contribution in [-0.4, -0.2) is 54.3 Å². The number of carbonyl (C=O) groups excluding carboxylic acids is 1. The second-order valence-corrected chi connectivity index (χ2v) is 7.78. The maximum absolute atomic E-state index is 12.1. The van der Waals surface area contributed by atoms with Gasteiger partial charge in [0.25, 0.3) is 0 Å². The Morgan fingerprint density at radius 2 is 2.43 bits per heavy atom. The van der Waals surface area contributed by atoms with Crippen molar-refractivity contribution in [1.82, 2.24) is 15.5 Å². The van der Waals surface area contributed by atoms with Crippen LogP contribution < -0.4 is 5.32 Å². The predicted molar refractivity (Wildman–Crippen MR) is 80.5 cm³/mol. The van der Waals surface area contributed by atoms with E-state index in [4.69, 9.17) is 9.47 Å². The summed E-state index contributed by atoms with van der Waals surface area (Å²) in [6.07, 6.45) is 1.28. The molecule has 3 rings (SSSR count). The number of amides is 1. The molecule has 4 atom stereocenters. The number of hydrogen-bond donors (Lipinski definition) is 1. The number of carbonyl (C=O) groups is 1. The van der Waals surface area contributed by atoms with Crippen LogP contribution >= 0.6 is 23.1 Å². The number of thioether (sulfide) groups is 1. The van der Waals surface area contributed by atoms with Crippen molar-refractivity contribution in [2.24, 2.45) is 11.8 Å². The Balaban J connectivity index is 1.49. The molecule has 2 aliphatic rings. The monoisotopic (exact) mass is 329 g/mol. The van der Waals surface area contributed by atoms with E-state index in [1.165, 1.54) is 23.1 Å². The van der Waals surface area contributed by atoms with Crippen LogP contribution in [-0.2, 0) is 14.3 Å². The van der Waals surface area contributed by atoms with E-state index in [1.807, 2.05) is 6.92 Å². The van der Waals surface area contributed by atoms with E-state index in [9.17, 15) is 4.79 Å². The standard InChI is InChI=1S/C13H19N3O3S2/c1-7-15-16-13(21-7)20-6-10(17)14-11-8-3-4-19-12(8)9(11)5-18-2/h8-9,11-12H,3-6H2,1-2H3,(H,14,17)/t8-,9-,11-,12-/m0/s1. The lowest BCUT2D eigenvalue weighted by molar-refractivity contribution is -0.127. The zero-order valence-corrected chi connectivity index (χ0v) is 13.7. The highest BCUT2D eigenvalue weighted by Crippen LogP contribution is 2.43. The Kier molecular flexibility index (Phi) is 4.78. The van der Waals surface area contributed by atoms with E-state index < -0.39 is 0 Å². The Labute approximate surface area is 132 Å². The third kappa shape index (κ3) is 3.23. The van der Waals surface area contributed by atoms with Crippen molar-refractivity contribution in [3.05, 3.63) is 5.01 Å². The van der Waals surface area contributed by atoms with Crippen LogP contribution in [0.3, 0.4) is 0 Å². The number of methoxy groups -OCH3 is 1. The third-order valence-corrected chi connectivity index (χ3v) is 6.02. The van der Waals surface area contributed by atoms with Crippen molar-refractivity contribution >= 4 is 29.0 Å². The van der Waals surface area contributed by atoms with Crippen molar-refractivity contribution in [3.63, 3.8) is 0 Å². The summed E-state index contributed by atoms with van der Waals surface area (Å²) in [6, 6.07) is 0.182. The van der Waals surface area contributed by atoms with Crippen molar-refractivity contribution in [2.45, 2.75) is 29.8 Å². The lowest BCUT2D eigenvalue weighted by Crippen LogP contribution is -2.63. The molecule has 1 saturated heterocycles. The van der Waals surface area contributed by atoms with E-state index in [2.05, 4.69) is 15.5 Å². The number of hydrogen-bond acceptors (Lipinski definition) is 7. The Hall–Kier alpha value is -0.700. The first-order valence-corrected chi connectivity index (χ1v) is 8.82. The fraction of sp³-hybridized carbons (Fsp3) is 0.769. The molecule has 0 spiro atoms. The van der Waals surface area contributed by atoms with Crippen molar-refractivity contribution in [3.8, 4) is 0 Å². The molecule has 0 bridgehead atoms. The number of rotatable bonds is 6. The molecule has 0 radical (unpaired) electrons. The first-order chi connectivity index (χ1) is 10.2. The zero-order valence-electron chi connectivity index (χ0n) is 12.1. The van der Waals surface area contributed by atoms with Crippen LogP contribution in [0, 0.1) is 18.8 Å². The molecule has 1 aliphatic heterocycles. The molecule has 6 nitrogen and oxygen atoms in total. The topological polar surface area (TPSA) is 73.3 Å². The fourth-order valence-electron chi connectivity index (χ4n) is 3.13. The molecule has 1 aliphatic carbocycles. The fourth-order valence-corrected chi connectivity index (χ4v) is 4.75. The maximum atomic E-state index is 12.1. The summed E-state index contributed by atoms with van der Waals surface area (Å²) in [7, 11) is 1.69. The van der Waals surface area contributed by atoms with E-state index in [-0.39, 0.29) is 24.0 Å². The molecular weight excluding hydrogens is 310 g/mol. The largest absolute Gasteiger partial charge is 0.384 e. The molecule has 1 N–H and O–H groups in total. The number of fused-ring (bicyclic) bond motifs is 1. The summed E-state index contributed by atoms with van der Waals surface area (Å²) in [5.41, 5.74) is 0. The summed E-state index contributed by atoms with van der Waals surface area (Å²) < 4.78 is 11.8. The number of ether oxygens (including phenoxy) is 2. The Bertz CT molecular complexity index is 511. The minimum absolute atomic E-state index is 0.0457. The van der Waals surface area contributed by atoms with Gasteiger partial charge in [0, 0.05) is 31.6 Å². The van der Waals surface area contributed by atoms with E-state index >= 15 is 0 Å². The first-order valence-electron chi connectivity index (χ1n) is 7.02. The molecule has 0 aromatic carbocycles. The lowest BCUT2D eigenvalue weighted by Gasteiger charge is -2.47. The minimum atomic E-state index is 0.0457. The van der Waals surface area contributed by atoms with Crippen LogP contribution in [0.5, 0.6) is 0 Å². The normalized spacial score (nSPS) is 30.8. The van der Waals surface area contributed by atoms with Crippen molar-refractivity contribution < 1.29 is 14.3 Å². The van der Waals surface area contributed by atoms with Gasteiger partial charge >= 0.3 is 0 Å². The number of aryl methyl sites for hydroxylation is 1. The van der Waals surface area contributed by atoms with Crippen LogP contribution in [0.4, 0.5) is 0 Å². The second-order valence-electron chi connectivity index (χ2n) is 5.38. The Morgan fingerprint density at radius 3 is 3.14 bits per heavy atom. The predicted octanol–water partition coefficient (Wildman–Crippen LogP) is 1.10. The van der Waals surface area contributed by atoms with E-state index in [0.717, 1.165) is 22.4 Å². The van der Waals surface area contributed by atoms with Gasteiger partial charge in [-0.15, -0.1) is 10.2 Å². The quantitative estimate of drug-likeness (QED) is 0.788. The van der Waals surface area contributed by atoms with E-state index in [1.54, 1.807) is 7.11 Å². The average molecular weight is 329 g/mol. The summed E-state index contributed by atoms with van der Waals surface area (Å²) in [5, 5.41) is 12.0. The van der Waals surface area contributed by atoms with Crippen LogP contribution in [0.2, 0.25) is 0 Å². The van der Waals surface area contributed by atoms with Gasteiger partial charge in [-0.05, 0) is 13.3 Å². The SMILES string of the molecule is COC[C@H]1[C@@H](NC(=O)CSc2nnc(C)s2)[C@@H]2CCO[C@@H]21. The summed E-state index contributed by atoms with van der Waals surface area (Å²) >= 11 is 2.95. The molecule has 2 heterocycles. The molecule has 116 valence electrons. The van der Waals surface area contributed by atoms with Crippen molar-refractivity contribution in [1.29, 1.82) is 0 Å². The van der Waals surface area contributed by atoms with Gasteiger partial charge < -0.3 is 14.8 Å². The van der Waals surface area contributed by atoms with Gasteiger partial charge in [0.1, 0.15) is 5.01 Å².